The molecule has 0 fully saturated rings. The Morgan fingerprint density at radius 2 is 1.67 bits per heavy atom. The maximum absolute atomic E-state index is 12.3. The van der Waals surface area contributed by atoms with Gasteiger partial charge in [-0.15, -0.1) is 0 Å². The Labute approximate surface area is 169 Å². The Morgan fingerprint density at radius 1 is 1.04 bits per heavy atom. The molecule has 0 aliphatic carbocycles. The summed E-state index contributed by atoms with van der Waals surface area (Å²) in [5.41, 5.74) is 0.563. The average Bonchev–Trinajstić information content (AvgIpc) is 2.66. The van der Waals surface area contributed by atoms with Gasteiger partial charge in [0.2, 0.25) is 5.75 Å². The van der Waals surface area contributed by atoms with Gasteiger partial charge in [0.05, 0.1) is 37.6 Å². The molecule has 0 bridgehead atoms. The fourth-order valence-electron chi connectivity index (χ4n) is 2.19. The zero-order valence-electron chi connectivity index (χ0n) is 14.8. The molecule has 0 atom stereocenters. The van der Waals surface area contributed by atoms with Crippen LogP contribution in [0.3, 0.4) is 0 Å². The highest BCUT2D eigenvalue weighted by molar-refractivity contribution is 9.10. The number of methoxy groups -OCH3 is 3. The second-order valence-electron chi connectivity index (χ2n) is 5.16. The van der Waals surface area contributed by atoms with Crippen LogP contribution in [0, 0.1) is 0 Å². The van der Waals surface area contributed by atoms with Crippen LogP contribution >= 0.6 is 27.5 Å². The second-order valence-corrected chi connectivity index (χ2v) is 6.49. The normalized spacial score (nSPS) is 10.1. The first-order valence-electron chi connectivity index (χ1n) is 7.61. The van der Waals surface area contributed by atoms with Crippen LogP contribution in [0.2, 0.25) is 5.02 Å². The molecule has 0 radical (unpaired) electrons. The first-order valence-corrected chi connectivity index (χ1v) is 8.78. The predicted octanol–water partition coefficient (Wildman–Crippen LogP) is 3.92. The first-order chi connectivity index (χ1) is 12.9. The van der Waals surface area contributed by atoms with Gasteiger partial charge >= 0.3 is 5.97 Å². The summed E-state index contributed by atoms with van der Waals surface area (Å²) >= 11 is 9.31. The third-order valence-electron chi connectivity index (χ3n) is 3.44. The van der Waals surface area contributed by atoms with E-state index < -0.39 is 18.5 Å². The van der Waals surface area contributed by atoms with Crippen molar-refractivity contribution in [2.24, 2.45) is 0 Å². The van der Waals surface area contributed by atoms with E-state index in [-0.39, 0.29) is 5.56 Å². The van der Waals surface area contributed by atoms with Crippen LogP contribution < -0.4 is 19.5 Å². The van der Waals surface area contributed by atoms with Gasteiger partial charge in [0.15, 0.2) is 18.1 Å². The lowest BCUT2D eigenvalue weighted by molar-refractivity contribution is -0.119. The number of hydrogen-bond donors (Lipinski definition) is 1. The summed E-state index contributed by atoms with van der Waals surface area (Å²) < 4.78 is 21.4. The molecule has 0 aliphatic heterocycles. The first kappa shape index (κ1) is 20.9. The molecule has 27 heavy (non-hydrogen) atoms. The summed E-state index contributed by atoms with van der Waals surface area (Å²) in [6.07, 6.45) is 0. The van der Waals surface area contributed by atoms with E-state index in [0.717, 1.165) is 4.47 Å². The molecule has 0 spiro atoms. The fraction of sp³-hybridized carbons (Fsp3) is 0.222. The smallest absolute Gasteiger partial charge is 0.338 e. The average molecular weight is 459 g/mol. The number of amides is 1. The lowest BCUT2D eigenvalue weighted by atomic mass is 10.2. The minimum Gasteiger partial charge on any atom is -0.493 e. The molecule has 1 N–H and O–H groups in total. The lowest BCUT2D eigenvalue weighted by Crippen LogP contribution is -2.21. The summed E-state index contributed by atoms with van der Waals surface area (Å²) in [7, 11) is 4.32. The number of ether oxygens (including phenoxy) is 4. The van der Waals surface area contributed by atoms with Crippen molar-refractivity contribution in [3.63, 3.8) is 0 Å². The van der Waals surface area contributed by atoms with E-state index in [2.05, 4.69) is 21.2 Å². The molecule has 9 heteroatoms. The van der Waals surface area contributed by atoms with Crippen LogP contribution in [-0.2, 0) is 9.53 Å². The molecule has 2 rings (SSSR count). The van der Waals surface area contributed by atoms with Gasteiger partial charge in [-0.25, -0.2) is 4.79 Å². The molecule has 0 unspecified atom stereocenters. The molecule has 0 saturated heterocycles. The minimum atomic E-state index is -0.716. The molecule has 0 saturated carbocycles. The molecule has 2 aromatic rings. The Hall–Kier alpha value is -2.45. The van der Waals surface area contributed by atoms with Gasteiger partial charge < -0.3 is 24.3 Å². The maximum Gasteiger partial charge on any atom is 0.338 e. The van der Waals surface area contributed by atoms with Gasteiger partial charge in [-0.2, -0.15) is 0 Å². The van der Waals surface area contributed by atoms with E-state index in [1.165, 1.54) is 33.5 Å². The van der Waals surface area contributed by atoms with Gasteiger partial charge in [0.25, 0.3) is 5.91 Å². The Kier molecular flexibility index (Phi) is 7.32. The zero-order valence-corrected chi connectivity index (χ0v) is 17.1. The van der Waals surface area contributed by atoms with Crippen LogP contribution in [0.4, 0.5) is 5.69 Å². The van der Waals surface area contributed by atoms with E-state index >= 15 is 0 Å². The highest BCUT2D eigenvalue weighted by Crippen LogP contribution is 2.38. The molecular weight excluding hydrogens is 442 g/mol. The van der Waals surface area contributed by atoms with Crippen LogP contribution in [0.5, 0.6) is 17.2 Å². The van der Waals surface area contributed by atoms with E-state index in [4.69, 9.17) is 30.5 Å². The summed E-state index contributed by atoms with van der Waals surface area (Å²) in [5, 5.41) is 2.92. The second kappa shape index (κ2) is 9.48. The van der Waals surface area contributed by atoms with Crippen molar-refractivity contribution in [2.75, 3.05) is 33.3 Å². The molecule has 2 aromatic carbocycles. The van der Waals surface area contributed by atoms with Crippen molar-refractivity contribution >= 4 is 45.1 Å². The van der Waals surface area contributed by atoms with Crippen molar-refractivity contribution in [3.8, 4) is 17.2 Å². The van der Waals surface area contributed by atoms with Crippen molar-refractivity contribution in [1.29, 1.82) is 0 Å². The molecule has 1 amide bonds. The number of hydrogen-bond acceptors (Lipinski definition) is 6. The van der Waals surface area contributed by atoms with Gasteiger partial charge in [-0.05, 0) is 30.3 Å². The summed E-state index contributed by atoms with van der Waals surface area (Å²) in [5.74, 6) is -0.296. The maximum atomic E-state index is 12.3. The lowest BCUT2D eigenvalue weighted by Gasteiger charge is -2.14. The molecule has 7 nitrogen and oxygen atoms in total. The van der Waals surface area contributed by atoms with E-state index in [1.807, 2.05) is 0 Å². The Morgan fingerprint density at radius 3 is 2.19 bits per heavy atom. The number of rotatable bonds is 7. The van der Waals surface area contributed by atoms with Crippen LogP contribution in [0.15, 0.2) is 34.8 Å². The number of esters is 1. The minimum absolute atomic E-state index is 0.152. The van der Waals surface area contributed by atoms with Crippen LogP contribution in [-0.4, -0.2) is 39.8 Å². The highest BCUT2D eigenvalue weighted by Gasteiger charge is 2.19. The summed E-state index contributed by atoms with van der Waals surface area (Å²) in [6.45, 7) is -0.484. The topological polar surface area (TPSA) is 83.1 Å². The van der Waals surface area contributed by atoms with Gasteiger partial charge in [-0.3, -0.25) is 4.79 Å². The zero-order chi connectivity index (χ0) is 20.0. The van der Waals surface area contributed by atoms with E-state index in [9.17, 15) is 9.59 Å². The Balaban J connectivity index is 2.05. The quantitative estimate of drug-likeness (QED) is 0.633. The number of carbonyl (C=O) groups excluding carboxylic acids is 2. The summed E-state index contributed by atoms with van der Waals surface area (Å²) in [6, 6.07) is 7.87. The van der Waals surface area contributed by atoms with Gasteiger partial charge in [-0.1, -0.05) is 27.5 Å². The van der Waals surface area contributed by atoms with Crippen molar-refractivity contribution in [3.05, 3.63) is 45.4 Å². The van der Waals surface area contributed by atoms with E-state index in [1.54, 1.807) is 18.2 Å². The fourth-order valence-corrected chi connectivity index (χ4v) is 2.91. The van der Waals surface area contributed by atoms with Crippen molar-refractivity contribution in [1.82, 2.24) is 0 Å². The highest BCUT2D eigenvalue weighted by atomic mass is 79.9. The number of anilines is 1. The predicted molar refractivity (Wildman–Crippen MR) is 104 cm³/mol. The van der Waals surface area contributed by atoms with Crippen LogP contribution in [0.1, 0.15) is 10.4 Å². The van der Waals surface area contributed by atoms with Gasteiger partial charge in [0, 0.05) is 4.47 Å². The Bertz CT molecular complexity index is 833. The third-order valence-corrected chi connectivity index (χ3v) is 4.25. The van der Waals surface area contributed by atoms with E-state index in [0.29, 0.717) is 28.0 Å². The molecule has 0 aliphatic rings. The largest absolute Gasteiger partial charge is 0.493 e. The standard InChI is InChI=1S/C18H17BrClNO6/c1-24-14-6-10(7-15(25-2)17(14)26-3)18(23)27-9-16(22)21-13-5-4-11(19)8-12(13)20/h4-8H,9H2,1-3H3,(H,21,22). The number of carbonyl (C=O) groups is 2. The number of halogens is 2. The van der Waals surface area contributed by atoms with Gasteiger partial charge in [0.1, 0.15) is 0 Å². The molecule has 144 valence electrons. The molecule has 0 aromatic heterocycles. The monoisotopic (exact) mass is 457 g/mol. The number of nitrogens with one attached hydrogen (secondary N) is 1. The number of benzene rings is 2. The molecular formula is C18H17BrClNO6. The summed E-state index contributed by atoms with van der Waals surface area (Å²) in [4.78, 5) is 24.3. The van der Waals surface area contributed by atoms with Crippen molar-refractivity contribution in [2.45, 2.75) is 0 Å². The van der Waals surface area contributed by atoms with Crippen LogP contribution in [0.25, 0.3) is 0 Å². The molecule has 0 heterocycles. The van der Waals surface area contributed by atoms with Crippen molar-refractivity contribution < 1.29 is 28.5 Å². The SMILES string of the molecule is COc1cc(C(=O)OCC(=O)Nc2ccc(Br)cc2Cl)cc(OC)c1OC. The third kappa shape index (κ3) is 5.27.